The number of hydrogen-bond acceptors (Lipinski definition) is 6. The van der Waals surface area contributed by atoms with E-state index in [0.717, 1.165) is 30.0 Å². The van der Waals surface area contributed by atoms with Gasteiger partial charge in [-0.05, 0) is 55.0 Å². The van der Waals surface area contributed by atoms with E-state index in [1.165, 1.54) is 4.90 Å². The van der Waals surface area contributed by atoms with Crippen LogP contribution < -0.4 is 4.90 Å². The standard InChI is InChI=1S/C33H38N2O6/c1-3-24(21-36)35-28-30(38)34(25-15-14-22-12-7-8-13-23(22)20-25)18-11-17-33(28)26(29(35)37)27-31(39)40-19-10-6-5-9-16-32(27,4-2)41-33/h7-9,11-17,20,24,26-28,36H,3-6,10,18-19,21H2,1-2H3/b16-9-/t24-,26-,27-,28?,32+,33-/m0/s1. The number of cyclic esters (lactones) is 1. The highest BCUT2D eigenvalue weighted by molar-refractivity contribution is 6.06. The van der Waals surface area contributed by atoms with Gasteiger partial charge in [0.25, 0.3) is 5.91 Å². The molecule has 2 amide bonds. The maximum atomic E-state index is 14.7. The van der Waals surface area contributed by atoms with Gasteiger partial charge in [-0.3, -0.25) is 14.4 Å². The number of rotatable bonds is 5. The number of anilines is 1. The van der Waals surface area contributed by atoms with E-state index in [-0.39, 0.29) is 31.6 Å². The molecule has 4 aliphatic rings. The van der Waals surface area contributed by atoms with Crippen molar-refractivity contribution in [1.82, 2.24) is 4.90 Å². The van der Waals surface area contributed by atoms with Crippen molar-refractivity contribution in [3.8, 4) is 0 Å². The number of likely N-dealkylation sites (tertiary alicyclic amines) is 1. The van der Waals surface area contributed by atoms with Crippen molar-refractivity contribution in [2.45, 2.75) is 69.2 Å². The molecule has 0 saturated carbocycles. The van der Waals surface area contributed by atoms with Crippen molar-refractivity contribution in [3.05, 3.63) is 66.8 Å². The Morgan fingerprint density at radius 1 is 0.976 bits per heavy atom. The largest absolute Gasteiger partial charge is 0.465 e. The van der Waals surface area contributed by atoms with E-state index in [1.807, 2.05) is 80.6 Å². The third-order valence-electron chi connectivity index (χ3n) is 9.44. The van der Waals surface area contributed by atoms with Crippen LogP contribution in [0.3, 0.4) is 0 Å². The normalized spacial score (nSPS) is 33.1. The zero-order valence-electron chi connectivity index (χ0n) is 23.7. The summed E-state index contributed by atoms with van der Waals surface area (Å²) < 4.78 is 12.7. The number of ether oxygens (including phenoxy) is 2. The SMILES string of the molecule is CC[C@@H](CO)N1C(=O)[C@@H]2[C@H]3C(=O)OCCCC/C=C\[C@@]3(CC)O[C@@]23C=CCN(c2ccc4ccccc4c2)C(=O)C13. The molecule has 2 aromatic carbocycles. The molecule has 1 spiro atoms. The number of carbonyl (C=O) groups is 3. The summed E-state index contributed by atoms with van der Waals surface area (Å²) in [5.74, 6) is -2.98. The molecule has 1 unspecified atom stereocenters. The lowest BCUT2D eigenvalue weighted by Crippen LogP contribution is -2.59. The van der Waals surface area contributed by atoms with E-state index in [0.29, 0.717) is 18.5 Å². The molecule has 0 aliphatic carbocycles. The molecule has 6 atom stereocenters. The maximum absolute atomic E-state index is 14.7. The van der Waals surface area contributed by atoms with Crippen molar-refractivity contribution >= 4 is 34.2 Å². The van der Waals surface area contributed by atoms with Gasteiger partial charge in [0.2, 0.25) is 5.91 Å². The van der Waals surface area contributed by atoms with Crippen LogP contribution >= 0.6 is 0 Å². The molecule has 2 fully saturated rings. The first-order chi connectivity index (χ1) is 19.9. The highest BCUT2D eigenvalue weighted by Gasteiger charge is 2.75. The number of allylic oxidation sites excluding steroid dienone is 1. The molecule has 0 radical (unpaired) electrons. The van der Waals surface area contributed by atoms with Crippen LogP contribution in [0.25, 0.3) is 10.8 Å². The monoisotopic (exact) mass is 558 g/mol. The number of carbonyl (C=O) groups excluding carboxylic acids is 3. The first-order valence-electron chi connectivity index (χ1n) is 14.9. The lowest BCUT2D eigenvalue weighted by Gasteiger charge is -2.40. The Morgan fingerprint density at radius 3 is 2.54 bits per heavy atom. The summed E-state index contributed by atoms with van der Waals surface area (Å²) in [5, 5.41) is 12.4. The lowest BCUT2D eigenvalue weighted by atomic mass is 9.73. The number of amides is 2. The fourth-order valence-corrected chi connectivity index (χ4v) is 7.36. The fraction of sp³-hybridized carbons (Fsp3) is 0.485. The number of aliphatic hydroxyl groups is 1. The molecule has 8 nitrogen and oxygen atoms in total. The second kappa shape index (κ2) is 10.7. The van der Waals surface area contributed by atoms with E-state index in [2.05, 4.69) is 0 Å². The van der Waals surface area contributed by atoms with E-state index < -0.39 is 41.1 Å². The molecule has 1 N–H and O–H groups in total. The van der Waals surface area contributed by atoms with Crippen LogP contribution in [-0.4, -0.2) is 70.8 Å². The molecule has 0 bridgehead atoms. The molecule has 6 rings (SSSR count). The summed E-state index contributed by atoms with van der Waals surface area (Å²) in [6, 6.07) is 12.2. The minimum absolute atomic E-state index is 0.281. The Balaban J connectivity index is 1.51. The van der Waals surface area contributed by atoms with Gasteiger partial charge < -0.3 is 24.4 Å². The molecular formula is C33H38N2O6. The Hall–Kier alpha value is -3.49. The van der Waals surface area contributed by atoms with Crippen LogP contribution in [-0.2, 0) is 23.9 Å². The molecule has 2 aromatic rings. The number of nitrogens with zero attached hydrogens (tertiary/aromatic N) is 2. The van der Waals surface area contributed by atoms with Crippen LogP contribution in [0.5, 0.6) is 0 Å². The van der Waals surface area contributed by atoms with Gasteiger partial charge in [-0.25, -0.2) is 0 Å². The number of benzene rings is 2. The average Bonchev–Trinajstić information content (AvgIpc) is 3.35. The smallest absolute Gasteiger partial charge is 0.313 e. The van der Waals surface area contributed by atoms with Gasteiger partial charge in [0.15, 0.2) is 0 Å². The molecule has 2 saturated heterocycles. The topological polar surface area (TPSA) is 96.4 Å². The molecule has 4 heterocycles. The minimum atomic E-state index is -1.39. The van der Waals surface area contributed by atoms with Crippen molar-refractivity contribution in [1.29, 1.82) is 0 Å². The average molecular weight is 559 g/mol. The van der Waals surface area contributed by atoms with Crippen LogP contribution in [0.15, 0.2) is 66.8 Å². The van der Waals surface area contributed by atoms with Crippen LogP contribution in [0.2, 0.25) is 0 Å². The second-order valence-corrected chi connectivity index (χ2v) is 11.6. The summed E-state index contributed by atoms with van der Waals surface area (Å²) in [4.78, 5) is 46.2. The summed E-state index contributed by atoms with van der Waals surface area (Å²) in [6.45, 7) is 4.08. The van der Waals surface area contributed by atoms with Crippen LogP contribution in [0.4, 0.5) is 5.69 Å². The van der Waals surface area contributed by atoms with Crippen LogP contribution in [0.1, 0.15) is 46.0 Å². The van der Waals surface area contributed by atoms with E-state index in [1.54, 1.807) is 4.90 Å². The first kappa shape index (κ1) is 27.7. The number of esters is 1. The molecule has 0 aromatic heterocycles. The second-order valence-electron chi connectivity index (χ2n) is 11.6. The predicted octanol–water partition coefficient (Wildman–Crippen LogP) is 4.16. The zero-order valence-corrected chi connectivity index (χ0v) is 23.7. The van der Waals surface area contributed by atoms with Gasteiger partial charge >= 0.3 is 5.97 Å². The maximum Gasteiger partial charge on any atom is 0.313 e. The third kappa shape index (κ3) is 4.22. The van der Waals surface area contributed by atoms with Gasteiger partial charge in [0.05, 0.1) is 25.2 Å². The fourth-order valence-electron chi connectivity index (χ4n) is 7.36. The quantitative estimate of drug-likeness (QED) is 0.438. The molecule has 4 aliphatic heterocycles. The molecule has 8 heteroatoms. The highest BCUT2D eigenvalue weighted by atomic mass is 16.6. The van der Waals surface area contributed by atoms with Crippen LogP contribution in [0, 0.1) is 11.8 Å². The molecule has 41 heavy (non-hydrogen) atoms. The Bertz CT molecular complexity index is 1420. The summed E-state index contributed by atoms with van der Waals surface area (Å²) in [6.07, 6.45) is 11.0. The Labute approximate surface area is 240 Å². The third-order valence-corrected chi connectivity index (χ3v) is 9.44. The Kier molecular flexibility index (Phi) is 7.24. The minimum Gasteiger partial charge on any atom is -0.465 e. The first-order valence-corrected chi connectivity index (χ1v) is 14.9. The van der Waals surface area contributed by atoms with Gasteiger partial charge in [-0.15, -0.1) is 0 Å². The molecule has 216 valence electrons. The number of fused-ring (bicyclic) bond motifs is 3. The van der Waals surface area contributed by atoms with E-state index >= 15 is 0 Å². The van der Waals surface area contributed by atoms with Gasteiger partial charge in [0, 0.05) is 12.2 Å². The molecular weight excluding hydrogens is 520 g/mol. The Morgan fingerprint density at radius 2 is 1.78 bits per heavy atom. The number of aliphatic hydroxyl groups excluding tert-OH is 1. The highest BCUT2D eigenvalue weighted by Crippen LogP contribution is 2.58. The van der Waals surface area contributed by atoms with Gasteiger partial charge in [0.1, 0.15) is 23.2 Å². The van der Waals surface area contributed by atoms with Crippen molar-refractivity contribution in [2.24, 2.45) is 11.8 Å². The summed E-state index contributed by atoms with van der Waals surface area (Å²) >= 11 is 0. The lowest BCUT2D eigenvalue weighted by molar-refractivity contribution is -0.161. The summed E-state index contributed by atoms with van der Waals surface area (Å²) in [5.41, 5.74) is -1.77. The predicted molar refractivity (Wildman–Crippen MR) is 155 cm³/mol. The van der Waals surface area contributed by atoms with Gasteiger partial charge in [-0.1, -0.05) is 68.5 Å². The van der Waals surface area contributed by atoms with Crippen molar-refractivity contribution in [3.63, 3.8) is 0 Å². The van der Waals surface area contributed by atoms with E-state index in [4.69, 9.17) is 9.47 Å². The van der Waals surface area contributed by atoms with E-state index in [9.17, 15) is 19.5 Å². The number of hydrogen-bond donors (Lipinski definition) is 1. The van der Waals surface area contributed by atoms with Crippen molar-refractivity contribution in [2.75, 3.05) is 24.7 Å². The summed E-state index contributed by atoms with van der Waals surface area (Å²) in [7, 11) is 0. The zero-order chi connectivity index (χ0) is 28.8. The van der Waals surface area contributed by atoms with Gasteiger partial charge in [-0.2, -0.15) is 0 Å². The van der Waals surface area contributed by atoms with Crippen molar-refractivity contribution < 1.29 is 29.0 Å².